The van der Waals surface area contributed by atoms with E-state index in [9.17, 15) is 4.39 Å². The summed E-state index contributed by atoms with van der Waals surface area (Å²) in [6.45, 7) is 0.355. The molecule has 0 aromatic heterocycles. The fourth-order valence-electron chi connectivity index (χ4n) is 1.05. The Bertz CT molecular complexity index is 352. The minimum Gasteiger partial charge on any atom is -0.494 e. The summed E-state index contributed by atoms with van der Waals surface area (Å²) in [5.74, 6) is -0.296. The summed E-state index contributed by atoms with van der Waals surface area (Å²) in [7, 11) is 1.39. The van der Waals surface area contributed by atoms with Crippen molar-refractivity contribution in [1.82, 2.24) is 0 Å². The Morgan fingerprint density at radius 1 is 1.57 bits per heavy atom. The van der Waals surface area contributed by atoms with Crippen molar-refractivity contribution in [2.75, 3.05) is 13.7 Å². The molecule has 76 valence electrons. The van der Waals surface area contributed by atoms with Gasteiger partial charge < -0.3 is 10.5 Å². The number of benzene rings is 1. The molecule has 0 unspecified atom stereocenters. The summed E-state index contributed by atoms with van der Waals surface area (Å²) in [6, 6.07) is 2.95. The summed E-state index contributed by atoms with van der Waals surface area (Å²) in [4.78, 5) is 0. The van der Waals surface area contributed by atoms with Gasteiger partial charge in [-0.3, -0.25) is 0 Å². The molecular formula is C10H11ClFNO. The maximum Gasteiger partial charge on any atom is 0.172 e. The van der Waals surface area contributed by atoms with Gasteiger partial charge in [0.25, 0.3) is 0 Å². The predicted octanol–water partition coefficient (Wildman–Crippen LogP) is 2.46. The van der Waals surface area contributed by atoms with E-state index in [1.165, 1.54) is 19.2 Å². The fraction of sp³-hybridized carbons (Fsp3) is 0.200. The summed E-state index contributed by atoms with van der Waals surface area (Å²) in [6.07, 6.45) is 3.22. The number of methoxy groups -OCH3 is 1. The van der Waals surface area contributed by atoms with Crippen molar-refractivity contribution in [1.29, 1.82) is 0 Å². The van der Waals surface area contributed by atoms with Crippen molar-refractivity contribution in [3.8, 4) is 5.75 Å². The van der Waals surface area contributed by atoms with Crippen LogP contribution in [0.5, 0.6) is 5.75 Å². The van der Waals surface area contributed by atoms with Crippen molar-refractivity contribution in [2.45, 2.75) is 0 Å². The largest absolute Gasteiger partial charge is 0.494 e. The van der Waals surface area contributed by atoms with E-state index in [4.69, 9.17) is 22.1 Å². The highest BCUT2D eigenvalue weighted by molar-refractivity contribution is 6.30. The summed E-state index contributed by atoms with van der Waals surface area (Å²) >= 11 is 5.77. The normalized spacial score (nSPS) is 10.9. The first-order chi connectivity index (χ1) is 6.69. The minimum absolute atomic E-state index is 0.133. The quantitative estimate of drug-likeness (QED) is 0.841. The van der Waals surface area contributed by atoms with Gasteiger partial charge in [0.15, 0.2) is 11.6 Å². The second-order valence-corrected chi connectivity index (χ2v) is 3.09. The summed E-state index contributed by atoms with van der Waals surface area (Å²) in [5.41, 5.74) is 5.64. The van der Waals surface area contributed by atoms with Crippen molar-refractivity contribution < 1.29 is 9.13 Å². The van der Waals surface area contributed by atoms with Crippen LogP contribution in [0.1, 0.15) is 5.56 Å². The molecule has 1 aromatic rings. The van der Waals surface area contributed by atoms with E-state index in [2.05, 4.69) is 0 Å². The van der Waals surface area contributed by atoms with Crippen LogP contribution in [0.15, 0.2) is 18.2 Å². The molecule has 1 rings (SSSR count). The average molecular weight is 216 g/mol. The lowest BCUT2D eigenvalue weighted by atomic mass is 10.2. The van der Waals surface area contributed by atoms with E-state index in [1.807, 2.05) is 0 Å². The molecule has 0 spiro atoms. The highest BCUT2D eigenvalue weighted by atomic mass is 35.5. The number of hydrogen-bond acceptors (Lipinski definition) is 2. The van der Waals surface area contributed by atoms with E-state index < -0.39 is 5.82 Å². The molecule has 0 aliphatic heterocycles. The molecule has 1 aromatic carbocycles. The third kappa shape index (κ3) is 2.47. The molecule has 0 atom stereocenters. The zero-order valence-electron chi connectivity index (χ0n) is 7.76. The molecule has 2 N–H and O–H groups in total. The van der Waals surface area contributed by atoms with Crippen LogP contribution in [0.3, 0.4) is 0 Å². The standard InChI is InChI=1S/C10H11ClFNO/c1-14-9-6-8(11)5-7(10(9)12)3-2-4-13/h2-3,5-6H,4,13H2,1H3/b3-2+. The highest BCUT2D eigenvalue weighted by Gasteiger charge is 2.07. The lowest BCUT2D eigenvalue weighted by molar-refractivity contribution is 0.386. The zero-order valence-corrected chi connectivity index (χ0v) is 8.51. The Morgan fingerprint density at radius 3 is 2.86 bits per heavy atom. The average Bonchev–Trinajstić information content (AvgIpc) is 2.18. The first-order valence-corrected chi connectivity index (χ1v) is 4.46. The van der Waals surface area contributed by atoms with E-state index >= 15 is 0 Å². The summed E-state index contributed by atoms with van der Waals surface area (Å²) < 4.78 is 18.3. The maximum absolute atomic E-state index is 13.5. The molecule has 0 radical (unpaired) electrons. The Labute approximate surface area is 87.1 Å². The van der Waals surface area contributed by atoms with Gasteiger partial charge in [0.05, 0.1) is 7.11 Å². The molecule has 0 fully saturated rings. The van der Waals surface area contributed by atoms with Crippen LogP contribution in [0.4, 0.5) is 4.39 Å². The van der Waals surface area contributed by atoms with E-state index in [0.717, 1.165) is 0 Å². The molecule has 0 saturated carbocycles. The predicted molar refractivity (Wildman–Crippen MR) is 56.1 cm³/mol. The van der Waals surface area contributed by atoms with Gasteiger partial charge in [0.1, 0.15) is 0 Å². The van der Waals surface area contributed by atoms with Crippen LogP contribution in [0, 0.1) is 5.82 Å². The molecule has 0 amide bonds. The fourth-order valence-corrected chi connectivity index (χ4v) is 1.27. The molecule has 2 nitrogen and oxygen atoms in total. The molecule has 14 heavy (non-hydrogen) atoms. The van der Waals surface area contributed by atoms with E-state index in [-0.39, 0.29) is 5.75 Å². The molecular weight excluding hydrogens is 205 g/mol. The zero-order chi connectivity index (χ0) is 10.6. The van der Waals surface area contributed by atoms with Gasteiger partial charge >= 0.3 is 0 Å². The molecule has 0 saturated heterocycles. The van der Waals surface area contributed by atoms with Crippen molar-refractivity contribution >= 4 is 17.7 Å². The highest BCUT2D eigenvalue weighted by Crippen LogP contribution is 2.26. The van der Waals surface area contributed by atoms with Crippen LogP contribution in [-0.2, 0) is 0 Å². The monoisotopic (exact) mass is 215 g/mol. The SMILES string of the molecule is COc1cc(Cl)cc(/C=C/CN)c1F. The second kappa shape index (κ2) is 4.98. The molecule has 0 heterocycles. The Hall–Kier alpha value is -1.06. The summed E-state index contributed by atoms with van der Waals surface area (Å²) in [5, 5.41) is 0.430. The Morgan fingerprint density at radius 2 is 2.29 bits per heavy atom. The Kier molecular flexibility index (Phi) is 3.92. The van der Waals surface area contributed by atoms with Gasteiger partial charge in [-0.15, -0.1) is 0 Å². The first-order valence-electron chi connectivity index (χ1n) is 4.08. The van der Waals surface area contributed by atoms with Gasteiger partial charge in [0.2, 0.25) is 0 Å². The van der Waals surface area contributed by atoms with Gasteiger partial charge in [-0.25, -0.2) is 4.39 Å². The number of hydrogen-bond donors (Lipinski definition) is 1. The van der Waals surface area contributed by atoms with Crippen LogP contribution in [-0.4, -0.2) is 13.7 Å². The lowest BCUT2D eigenvalue weighted by Crippen LogP contribution is -1.94. The minimum atomic E-state index is -0.429. The molecule has 4 heteroatoms. The van der Waals surface area contributed by atoms with E-state index in [0.29, 0.717) is 17.1 Å². The Balaban J connectivity index is 3.15. The lowest BCUT2D eigenvalue weighted by Gasteiger charge is -2.05. The van der Waals surface area contributed by atoms with Gasteiger partial charge in [-0.1, -0.05) is 23.8 Å². The third-order valence-electron chi connectivity index (χ3n) is 1.69. The first kappa shape index (κ1) is 11.0. The second-order valence-electron chi connectivity index (χ2n) is 2.65. The van der Waals surface area contributed by atoms with Gasteiger partial charge in [0, 0.05) is 23.2 Å². The van der Waals surface area contributed by atoms with Crippen LogP contribution in [0.2, 0.25) is 5.02 Å². The molecule has 0 aliphatic rings. The number of ether oxygens (including phenoxy) is 1. The number of halogens is 2. The van der Waals surface area contributed by atoms with Crippen molar-refractivity contribution in [2.24, 2.45) is 5.73 Å². The smallest absolute Gasteiger partial charge is 0.172 e. The van der Waals surface area contributed by atoms with E-state index in [1.54, 1.807) is 12.2 Å². The van der Waals surface area contributed by atoms with Crippen LogP contribution >= 0.6 is 11.6 Å². The van der Waals surface area contributed by atoms with Crippen LogP contribution in [0.25, 0.3) is 6.08 Å². The topological polar surface area (TPSA) is 35.2 Å². The number of nitrogens with two attached hydrogens (primary N) is 1. The van der Waals surface area contributed by atoms with Crippen molar-refractivity contribution in [3.63, 3.8) is 0 Å². The van der Waals surface area contributed by atoms with Gasteiger partial charge in [-0.05, 0) is 6.07 Å². The number of rotatable bonds is 3. The molecule has 0 aliphatic carbocycles. The van der Waals surface area contributed by atoms with Crippen molar-refractivity contribution in [3.05, 3.63) is 34.6 Å². The van der Waals surface area contributed by atoms with Crippen LogP contribution < -0.4 is 10.5 Å². The van der Waals surface area contributed by atoms with Gasteiger partial charge in [-0.2, -0.15) is 0 Å². The third-order valence-corrected chi connectivity index (χ3v) is 1.90. The maximum atomic E-state index is 13.5. The molecule has 0 bridgehead atoms.